The van der Waals surface area contributed by atoms with Crippen molar-refractivity contribution in [1.82, 2.24) is 15.3 Å². The van der Waals surface area contributed by atoms with Gasteiger partial charge in [0.1, 0.15) is 5.82 Å². The number of hydrogen-bond donors (Lipinski definition) is 3. The topological polar surface area (TPSA) is 107 Å². The lowest BCUT2D eigenvalue weighted by atomic mass is 9.92. The minimum atomic E-state index is -0.855. The summed E-state index contributed by atoms with van der Waals surface area (Å²) in [6.45, 7) is 3.27. The molecule has 1 fully saturated rings. The molecule has 158 valence electrons. The van der Waals surface area contributed by atoms with Crippen LogP contribution in [0.1, 0.15) is 56.1 Å². The van der Waals surface area contributed by atoms with Gasteiger partial charge in [-0.2, -0.15) is 4.98 Å². The molecule has 2 aliphatic heterocycles. The van der Waals surface area contributed by atoms with Crippen LogP contribution in [0.2, 0.25) is 0 Å². The van der Waals surface area contributed by atoms with Gasteiger partial charge in [0, 0.05) is 25.6 Å². The maximum Gasteiger partial charge on any atom is 0.258 e. The zero-order valence-electron chi connectivity index (χ0n) is 17.1. The summed E-state index contributed by atoms with van der Waals surface area (Å²) in [6.07, 6.45) is 4.13. The van der Waals surface area contributed by atoms with Gasteiger partial charge in [-0.25, -0.2) is 0 Å². The molecule has 30 heavy (non-hydrogen) atoms. The fourth-order valence-corrected chi connectivity index (χ4v) is 4.33. The van der Waals surface area contributed by atoms with Crippen LogP contribution in [0.4, 0.5) is 11.8 Å². The average molecular weight is 409 g/mol. The van der Waals surface area contributed by atoms with Crippen molar-refractivity contribution in [2.45, 2.75) is 57.5 Å². The number of nitrogens with zero attached hydrogens (tertiary/aromatic N) is 2. The van der Waals surface area contributed by atoms with E-state index in [-0.39, 0.29) is 35.2 Å². The van der Waals surface area contributed by atoms with E-state index in [0.29, 0.717) is 18.5 Å². The normalized spacial score (nSPS) is 21.0. The first-order valence-electron chi connectivity index (χ1n) is 10.6. The van der Waals surface area contributed by atoms with E-state index in [1.54, 1.807) is 0 Å². The van der Waals surface area contributed by atoms with E-state index in [9.17, 15) is 14.4 Å². The van der Waals surface area contributed by atoms with Crippen molar-refractivity contribution in [3.63, 3.8) is 0 Å². The molecule has 0 saturated carbocycles. The third-order valence-electron chi connectivity index (χ3n) is 5.94. The van der Waals surface area contributed by atoms with Gasteiger partial charge in [-0.05, 0) is 31.2 Å². The molecule has 3 heterocycles. The van der Waals surface area contributed by atoms with Crippen molar-refractivity contribution in [3.05, 3.63) is 51.8 Å². The monoisotopic (exact) mass is 409 g/mol. The van der Waals surface area contributed by atoms with E-state index < -0.39 is 5.92 Å². The Morgan fingerprint density at radius 1 is 1.23 bits per heavy atom. The number of carbonyl (C=O) groups is 2. The number of fused-ring (bicyclic) bond motifs is 1. The first-order chi connectivity index (χ1) is 14.6. The predicted octanol–water partition coefficient (Wildman–Crippen LogP) is 2.28. The van der Waals surface area contributed by atoms with Gasteiger partial charge in [0.2, 0.25) is 17.8 Å². The second-order valence-corrected chi connectivity index (χ2v) is 7.91. The zero-order chi connectivity index (χ0) is 21.1. The summed E-state index contributed by atoms with van der Waals surface area (Å²) in [4.78, 5) is 47.6. The quantitative estimate of drug-likeness (QED) is 0.702. The van der Waals surface area contributed by atoms with Crippen LogP contribution in [0.3, 0.4) is 0 Å². The number of hydrogen-bond acceptors (Lipinski definition) is 5. The zero-order valence-corrected chi connectivity index (χ0v) is 17.1. The summed E-state index contributed by atoms with van der Waals surface area (Å²) in [5.74, 6) is -0.844. The number of aromatic nitrogens is 2. The molecular weight excluding hydrogens is 382 g/mol. The van der Waals surface area contributed by atoms with Gasteiger partial charge >= 0.3 is 0 Å². The number of rotatable bonds is 5. The Labute approximate surface area is 175 Å². The van der Waals surface area contributed by atoms with Gasteiger partial charge < -0.3 is 15.5 Å². The van der Waals surface area contributed by atoms with Gasteiger partial charge in [0.25, 0.3) is 5.56 Å². The summed E-state index contributed by atoms with van der Waals surface area (Å²) in [5.41, 5.74) is 0.814. The summed E-state index contributed by atoms with van der Waals surface area (Å²) in [6, 6.07) is 9.82. The Hall–Kier alpha value is -3.16. The van der Waals surface area contributed by atoms with E-state index in [1.165, 1.54) is 0 Å². The van der Waals surface area contributed by atoms with Crippen molar-refractivity contribution in [2.24, 2.45) is 0 Å². The number of H-pyrrole nitrogens is 1. The lowest BCUT2D eigenvalue weighted by Crippen LogP contribution is -2.43. The molecule has 2 unspecified atom stereocenters. The van der Waals surface area contributed by atoms with Crippen LogP contribution in [0.15, 0.2) is 35.1 Å². The Balaban J connectivity index is 1.60. The lowest BCUT2D eigenvalue weighted by molar-refractivity contribution is -0.126. The van der Waals surface area contributed by atoms with Gasteiger partial charge in [-0.1, -0.05) is 37.3 Å². The summed E-state index contributed by atoms with van der Waals surface area (Å²) in [7, 11) is 0. The SMILES string of the molecule is CCC1CCCCN1c1nc2c(c(=O)[nH]1)C(C(=O)NCc1ccccc1)CC(=O)N2. The van der Waals surface area contributed by atoms with Crippen molar-refractivity contribution >= 4 is 23.6 Å². The standard InChI is InChI=1S/C22H27N5O3/c1-2-15-10-6-7-11-27(15)22-25-19-18(21(30)26-22)16(12-17(28)24-19)20(29)23-13-14-8-4-3-5-9-14/h3-5,8-9,15-16H,2,6-7,10-13H2,1H3,(H,23,29)(H2,24,25,26,28,30). The van der Waals surface area contributed by atoms with Crippen molar-refractivity contribution in [1.29, 1.82) is 0 Å². The van der Waals surface area contributed by atoms with Crippen LogP contribution in [0.5, 0.6) is 0 Å². The molecule has 4 rings (SSSR count). The minimum absolute atomic E-state index is 0.0704. The smallest absolute Gasteiger partial charge is 0.258 e. The van der Waals surface area contributed by atoms with Crippen LogP contribution >= 0.6 is 0 Å². The van der Waals surface area contributed by atoms with Crippen molar-refractivity contribution in [3.8, 4) is 0 Å². The highest BCUT2D eigenvalue weighted by molar-refractivity contribution is 6.00. The largest absolute Gasteiger partial charge is 0.351 e. The molecular formula is C22H27N5O3. The van der Waals surface area contributed by atoms with E-state index in [0.717, 1.165) is 37.8 Å². The Bertz CT molecular complexity index is 988. The van der Waals surface area contributed by atoms with Crippen LogP contribution in [0, 0.1) is 0 Å². The average Bonchev–Trinajstić information content (AvgIpc) is 2.77. The third-order valence-corrected chi connectivity index (χ3v) is 5.94. The molecule has 2 atom stereocenters. The van der Waals surface area contributed by atoms with Gasteiger partial charge in [0.15, 0.2) is 0 Å². The van der Waals surface area contributed by atoms with Crippen molar-refractivity contribution in [2.75, 3.05) is 16.8 Å². The van der Waals surface area contributed by atoms with Crippen molar-refractivity contribution < 1.29 is 9.59 Å². The molecule has 8 nitrogen and oxygen atoms in total. The summed E-state index contributed by atoms with van der Waals surface area (Å²) in [5, 5.41) is 5.54. The second kappa shape index (κ2) is 8.69. The number of aromatic amines is 1. The molecule has 0 bridgehead atoms. The maximum absolute atomic E-state index is 13.0. The van der Waals surface area contributed by atoms with E-state index >= 15 is 0 Å². The predicted molar refractivity (Wildman–Crippen MR) is 114 cm³/mol. The first-order valence-corrected chi connectivity index (χ1v) is 10.6. The fraction of sp³-hybridized carbons (Fsp3) is 0.455. The Kier molecular flexibility index (Phi) is 5.83. The minimum Gasteiger partial charge on any atom is -0.351 e. The number of carbonyl (C=O) groups excluding carboxylic acids is 2. The molecule has 2 aromatic rings. The van der Waals surface area contributed by atoms with E-state index in [2.05, 4.69) is 32.4 Å². The summed E-state index contributed by atoms with van der Waals surface area (Å²) < 4.78 is 0. The van der Waals surface area contributed by atoms with E-state index in [1.807, 2.05) is 30.3 Å². The second-order valence-electron chi connectivity index (χ2n) is 7.91. The molecule has 1 aromatic carbocycles. The number of piperidine rings is 1. The third kappa shape index (κ3) is 4.08. The summed E-state index contributed by atoms with van der Waals surface area (Å²) >= 11 is 0. The van der Waals surface area contributed by atoms with Crippen LogP contribution in [-0.2, 0) is 16.1 Å². The van der Waals surface area contributed by atoms with Gasteiger partial charge in [0.05, 0.1) is 11.5 Å². The first kappa shape index (κ1) is 20.1. The van der Waals surface area contributed by atoms with Crippen LogP contribution in [0.25, 0.3) is 0 Å². The maximum atomic E-state index is 13.0. The highest BCUT2D eigenvalue weighted by Gasteiger charge is 2.35. The van der Waals surface area contributed by atoms with Gasteiger partial charge in [-0.15, -0.1) is 0 Å². The fourth-order valence-electron chi connectivity index (χ4n) is 4.33. The Morgan fingerprint density at radius 2 is 2.03 bits per heavy atom. The van der Waals surface area contributed by atoms with Crippen LogP contribution < -0.4 is 21.1 Å². The molecule has 0 aliphatic carbocycles. The highest BCUT2D eigenvalue weighted by atomic mass is 16.2. The molecule has 1 aromatic heterocycles. The number of anilines is 2. The molecule has 2 aliphatic rings. The molecule has 3 N–H and O–H groups in total. The van der Waals surface area contributed by atoms with E-state index in [4.69, 9.17) is 0 Å². The molecule has 8 heteroatoms. The molecule has 1 saturated heterocycles. The van der Waals surface area contributed by atoms with Gasteiger partial charge in [-0.3, -0.25) is 19.4 Å². The highest BCUT2D eigenvalue weighted by Crippen LogP contribution is 2.31. The number of nitrogens with one attached hydrogen (secondary N) is 3. The Morgan fingerprint density at radius 3 is 2.80 bits per heavy atom. The lowest BCUT2D eigenvalue weighted by Gasteiger charge is -2.36. The van der Waals surface area contributed by atoms with Crippen LogP contribution in [-0.4, -0.2) is 34.4 Å². The molecule has 0 radical (unpaired) electrons. The molecule has 0 spiro atoms. The molecule has 2 amide bonds. The number of amides is 2. The number of benzene rings is 1.